The molecule has 0 fully saturated rings. The number of rotatable bonds is 10. The first-order chi connectivity index (χ1) is 17.6. The van der Waals surface area contributed by atoms with Crippen molar-refractivity contribution < 1.29 is 9.18 Å². The Bertz CT molecular complexity index is 1230. The molecule has 3 aromatic carbocycles. The van der Waals surface area contributed by atoms with Crippen molar-refractivity contribution in [2.75, 3.05) is 11.9 Å². The average molecular weight is 482 g/mol. The molecule has 5 heteroatoms. The molecule has 36 heavy (non-hydrogen) atoms. The van der Waals surface area contributed by atoms with Gasteiger partial charge in [0.2, 0.25) is 5.91 Å². The maximum absolute atomic E-state index is 13.7. The number of carbonyl (C=O) groups excluding carboxylic acids is 1. The van der Waals surface area contributed by atoms with E-state index in [0.29, 0.717) is 18.7 Å². The number of hydrogen-bond acceptors (Lipinski definition) is 3. The van der Waals surface area contributed by atoms with Crippen LogP contribution < -0.4 is 10.2 Å². The number of halogens is 1. The predicted octanol–water partition coefficient (Wildman–Crippen LogP) is 6.13. The fourth-order valence-corrected chi connectivity index (χ4v) is 4.49. The molecule has 0 saturated heterocycles. The van der Waals surface area contributed by atoms with E-state index < -0.39 is 6.04 Å². The van der Waals surface area contributed by atoms with E-state index >= 15 is 0 Å². The molecule has 184 valence electrons. The molecule has 0 aliphatic rings. The molecule has 0 aliphatic carbocycles. The van der Waals surface area contributed by atoms with Crippen molar-refractivity contribution in [3.05, 3.63) is 131 Å². The Labute approximate surface area is 212 Å². The van der Waals surface area contributed by atoms with Gasteiger partial charge in [0.05, 0.1) is 12.6 Å². The topological polar surface area (TPSA) is 45.2 Å². The highest BCUT2D eigenvalue weighted by Crippen LogP contribution is 2.27. The SMILES string of the molecule is CCC(c1ccccc1)c1ccc(CN(C(=O)C(Cc2ccccc2)NC)c2ccc(F)cc2)cn1. The summed E-state index contributed by atoms with van der Waals surface area (Å²) in [5.74, 6) is -0.194. The smallest absolute Gasteiger partial charge is 0.244 e. The molecule has 2 atom stereocenters. The van der Waals surface area contributed by atoms with E-state index in [-0.39, 0.29) is 17.6 Å². The lowest BCUT2D eigenvalue weighted by atomic mass is 9.92. The zero-order valence-electron chi connectivity index (χ0n) is 20.8. The molecule has 1 heterocycles. The van der Waals surface area contributed by atoms with Gasteiger partial charge in [-0.3, -0.25) is 9.78 Å². The first kappa shape index (κ1) is 25.3. The Kier molecular flexibility index (Phi) is 8.58. The molecular formula is C31H32FN3O. The lowest BCUT2D eigenvalue weighted by Gasteiger charge is -2.28. The second-order valence-corrected chi connectivity index (χ2v) is 8.89. The van der Waals surface area contributed by atoms with Crippen LogP contribution in [0.3, 0.4) is 0 Å². The van der Waals surface area contributed by atoms with Crippen molar-refractivity contribution in [3.63, 3.8) is 0 Å². The van der Waals surface area contributed by atoms with Gasteiger partial charge in [0.15, 0.2) is 0 Å². The Balaban J connectivity index is 1.58. The Morgan fingerprint density at radius 2 is 1.56 bits per heavy atom. The normalized spacial score (nSPS) is 12.6. The minimum atomic E-state index is -0.424. The fourth-order valence-electron chi connectivity index (χ4n) is 4.49. The first-order valence-corrected chi connectivity index (χ1v) is 12.4. The van der Waals surface area contributed by atoms with Gasteiger partial charge < -0.3 is 10.2 Å². The van der Waals surface area contributed by atoms with Gasteiger partial charge in [-0.25, -0.2) is 4.39 Å². The first-order valence-electron chi connectivity index (χ1n) is 12.4. The van der Waals surface area contributed by atoms with Gasteiger partial charge in [-0.2, -0.15) is 0 Å². The maximum Gasteiger partial charge on any atom is 0.244 e. The summed E-state index contributed by atoms with van der Waals surface area (Å²) in [7, 11) is 1.79. The number of benzene rings is 3. The summed E-state index contributed by atoms with van der Waals surface area (Å²) >= 11 is 0. The number of nitrogens with one attached hydrogen (secondary N) is 1. The number of pyridine rings is 1. The van der Waals surface area contributed by atoms with Gasteiger partial charge in [0.1, 0.15) is 5.82 Å². The molecule has 4 nitrogen and oxygen atoms in total. The van der Waals surface area contributed by atoms with Crippen LogP contribution in [0.1, 0.15) is 41.6 Å². The molecular weight excluding hydrogens is 449 g/mol. The highest BCUT2D eigenvalue weighted by Gasteiger charge is 2.25. The highest BCUT2D eigenvalue weighted by molar-refractivity contribution is 5.97. The third-order valence-electron chi connectivity index (χ3n) is 6.49. The van der Waals surface area contributed by atoms with E-state index in [1.54, 1.807) is 24.1 Å². The van der Waals surface area contributed by atoms with Crippen molar-refractivity contribution in [2.45, 2.75) is 38.3 Å². The van der Waals surface area contributed by atoms with Crippen LogP contribution in [0.25, 0.3) is 0 Å². The van der Waals surface area contributed by atoms with Crippen LogP contribution in [-0.2, 0) is 17.8 Å². The van der Waals surface area contributed by atoms with E-state index in [4.69, 9.17) is 4.98 Å². The van der Waals surface area contributed by atoms with Crippen molar-refractivity contribution >= 4 is 11.6 Å². The Morgan fingerprint density at radius 3 is 2.14 bits per heavy atom. The van der Waals surface area contributed by atoms with Crippen LogP contribution in [0.5, 0.6) is 0 Å². The van der Waals surface area contributed by atoms with E-state index in [2.05, 4.69) is 24.4 Å². The monoisotopic (exact) mass is 481 g/mol. The predicted molar refractivity (Wildman–Crippen MR) is 143 cm³/mol. The Hall–Kier alpha value is -3.83. The zero-order valence-corrected chi connectivity index (χ0v) is 20.8. The largest absolute Gasteiger partial charge is 0.309 e. The maximum atomic E-state index is 13.7. The highest BCUT2D eigenvalue weighted by atomic mass is 19.1. The standard InChI is InChI=1S/C31H32FN3O/c1-3-28(25-12-8-5-9-13-25)29-19-14-24(21-34-29)22-35(27-17-15-26(32)16-18-27)31(36)30(33-2)20-23-10-6-4-7-11-23/h4-19,21,28,30,33H,3,20,22H2,1-2H3. The molecule has 0 saturated carbocycles. The van der Waals surface area contributed by atoms with Crippen LogP contribution in [-0.4, -0.2) is 24.0 Å². The number of hydrogen-bond donors (Lipinski definition) is 1. The summed E-state index contributed by atoms with van der Waals surface area (Å²) in [4.78, 5) is 20.2. The van der Waals surface area contributed by atoms with Gasteiger partial charge >= 0.3 is 0 Å². The van der Waals surface area contributed by atoms with Crippen LogP contribution in [0.2, 0.25) is 0 Å². The summed E-state index contributed by atoms with van der Waals surface area (Å²) < 4.78 is 13.7. The van der Waals surface area contributed by atoms with Crippen LogP contribution in [0.15, 0.2) is 103 Å². The number of anilines is 1. The molecule has 0 bridgehead atoms. The summed E-state index contributed by atoms with van der Waals surface area (Å²) in [5, 5.41) is 3.17. The second kappa shape index (κ2) is 12.2. The summed E-state index contributed by atoms with van der Waals surface area (Å²) in [6.45, 7) is 2.50. The second-order valence-electron chi connectivity index (χ2n) is 8.89. The molecule has 0 radical (unpaired) electrons. The number of nitrogens with zero attached hydrogens (tertiary/aromatic N) is 2. The minimum absolute atomic E-state index is 0.0761. The third-order valence-corrected chi connectivity index (χ3v) is 6.49. The van der Waals surface area contributed by atoms with Crippen LogP contribution in [0.4, 0.5) is 10.1 Å². The lowest BCUT2D eigenvalue weighted by molar-refractivity contribution is -0.120. The summed E-state index contributed by atoms with van der Waals surface area (Å²) in [6, 6.07) is 30.0. The number of aromatic nitrogens is 1. The minimum Gasteiger partial charge on any atom is -0.309 e. The summed E-state index contributed by atoms with van der Waals surface area (Å²) in [6.07, 6.45) is 3.34. The van der Waals surface area contributed by atoms with Crippen molar-refractivity contribution in [1.82, 2.24) is 10.3 Å². The van der Waals surface area contributed by atoms with Gasteiger partial charge in [0.25, 0.3) is 0 Å². The van der Waals surface area contributed by atoms with Gasteiger partial charge in [-0.15, -0.1) is 0 Å². The molecule has 1 N–H and O–H groups in total. The van der Waals surface area contributed by atoms with Crippen LogP contribution >= 0.6 is 0 Å². The molecule has 1 amide bonds. The van der Waals surface area contributed by atoms with E-state index in [0.717, 1.165) is 23.2 Å². The molecule has 1 aromatic heterocycles. The van der Waals surface area contributed by atoms with E-state index in [1.807, 2.05) is 66.9 Å². The van der Waals surface area contributed by atoms with Gasteiger partial charge in [0, 0.05) is 23.5 Å². The molecule has 0 aliphatic heterocycles. The molecule has 4 rings (SSSR count). The van der Waals surface area contributed by atoms with Gasteiger partial charge in [-0.1, -0.05) is 73.7 Å². The van der Waals surface area contributed by atoms with E-state index in [9.17, 15) is 9.18 Å². The van der Waals surface area contributed by atoms with Crippen LogP contribution in [0, 0.1) is 5.82 Å². The Morgan fingerprint density at radius 1 is 0.889 bits per heavy atom. The number of amides is 1. The molecule has 0 spiro atoms. The van der Waals surface area contributed by atoms with Crippen molar-refractivity contribution in [1.29, 1.82) is 0 Å². The fraction of sp³-hybridized carbons (Fsp3) is 0.226. The van der Waals surface area contributed by atoms with E-state index in [1.165, 1.54) is 17.7 Å². The number of likely N-dealkylation sites (N-methyl/N-ethyl adjacent to an activating group) is 1. The lowest BCUT2D eigenvalue weighted by Crippen LogP contribution is -2.46. The van der Waals surface area contributed by atoms with Crippen molar-refractivity contribution in [3.8, 4) is 0 Å². The molecule has 4 aromatic rings. The summed E-state index contributed by atoms with van der Waals surface area (Å²) in [5.41, 5.74) is 4.87. The number of carbonyl (C=O) groups is 1. The van der Waals surface area contributed by atoms with Gasteiger partial charge in [-0.05, 0) is 66.9 Å². The average Bonchev–Trinajstić information content (AvgIpc) is 2.93. The third kappa shape index (κ3) is 6.23. The quantitative estimate of drug-likeness (QED) is 0.297. The molecule has 2 unspecified atom stereocenters. The van der Waals surface area contributed by atoms with Crippen molar-refractivity contribution in [2.24, 2.45) is 0 Å². The zero-order chi connectivity index (χ0) is 25.3.